The average molecular weight is 228 g/mol. The van der Waals surface area contributed by atoms with Gasteiger partial charge in [-0.1, -0.05) is 24.3 Å². The average Bonchev–Trinajstić information content (AvgIpc) is 2.40. The fourth-order valence-corrected chi connectivity index (χ4v) is 1.70. The molecule has 0 spiro atoms. The molecule has 3 nitrogen and oxygen atoms in total. The molecule has 1 heterocycles. The van der Waals surface area contributed by atoms with Crippen molar-refractivity contribution in [1.82, 2.24) is 9.97 Å². The highest BCUT2D eigenvalue weighted by Gasteiger charge is 2.05. The molecule has 0 N–H and O–H groups in total. The molecule has 0 aliphatic rings. The molecule has 0 bridgehead atoms. The van der Waals surface area contributed by atoms with Crippen LogP contribution in [0.25, 0.3) is 11.4 Å². The van der Waals surface area contributed by atoms with Gasteiger partial charge in [0, 0.05) is 24.6 Å². The Balaban J connectivity index is 2.19. The van der Waals surface area contributed by atoms with Crippen molar-refractivity contribution in [3.63, 3.8) is 0 Å². The van der Waals surface area contributed by atoms with Crippen LogP contribution in [0.1, 0.15) is 25.5 Å². The van der Waals surface area contributed by atoms with Gasteiger partial charge >= 0.3 is 0 Å². The Hall–Kier alpha value is -1.74. The van der Waals surface area contributed by atoms with Crippen LogP contribution in [-0.2, 0) is 4.74 Å². The number of hydrogen-bond acceptors (Lipinski definition) is 3. The van der Waals surface area contributed by atoms with Crippen LogP contribution < -0.4 is 0 Å². The fourth-order valence-electron chi connectivity index (χ4n) is 1.70. The summed E-state index contributed by atoms with van der Waals surface area (Å²) in [5, 5.41) is 0. The highest BCUT2D eigenvalue weighted by Crippen LogP contribution is 2.20. The molecule has 1 atom stereocenters. The summed E-state index contributed by atoms with van der Waals surface area (Å²) in [6.45, 7) is 4.78. The molecule has 1 aromatic carbocycles. The molecule has 3 heteroatoms. The number of nitrogens with zero attached hydrogens (tertiary/aromatic N) is 2. The van der Waals surface area contributed by atoms with Gasteiger partial charge in [0.2, 0.25) is 0 Å². The van der Waals surface area contributed by atoms with Gasteiger partial charge in [-0.15, -0.1) is 0 Å². The van der Waals surface area contributed by atoms with Crippen LogP contribution in [0, 0.1) is 0 Å². The van der Waals surface area contributed by atoms with Crippen LogP contribution in [0.3, 0.4) is 0 Å². The first-order valence-electron chi connectivity index (χ1n) is 5.80. The molecule has 1 unspecified atom stereocenters. The summed E-state index contributed by atoms with van der Waals surface area (Å²) in [7, 11) is 0. The van der Waals surface area contributed by atoms with E-state index in [-0.39, 0.29) is 6.10 Å². The lowest BCUT2D eigenvalue weighted by Crippen LogP contribution is -1.99. The minimum absolute atomic E-state index is 0.130. The van der Waals surface area contributed by atoms with E-state index in [1.54, 1.807) is 12.4 Å². The van der Waals surface area contributed by atoms with Crippen LogP contribution in [0.5, 0.6) is 0 Å². The standard InChI is InChI=1S/C14H16N2O/c1-3-17-11(2)12-5-7-13(8-6-12)14-15-9-4-10-16-14/h4-11H,3H2,1-2H3. The normalized spacial score (nSPS) is 12.4. The van der Waals surface area contributed by atoms with E-state index in [1.807, 2.05) is 25.1 Å². The second kappa shape index (κ2) is 5.55. The zero-order valence-corrected chi connectivity index (χ0v) is 10.1. The van der Waals surface area contributed by atoms with Crippen molar-refractivity contribution in [2.45, 2.75) is 20.0 Å². The zero-order chi connectivity index (χ0) is 12.1. The second-order valence-electron chi connectivity index (χ2n) is 3.79. The molecule has 0 aliphatic heterocycles. The smallest absolute Gasteiger partial charge is 0.159 e. The lowest BCUT2D eigenvalue weighted by molar-refractivity contribution is 0.0764. The lowest BCUT2D eigenvalue weighted by Gasteiger charge is -2.12. The second-order valence-corrected chi connectivity index (χ2v) is 3.79. The number of ether oxygens (including phenoxy) is 1. The van der Waals surface area contributed by atoms with E-state index in [4.69, 9.17) is 4.74 Å². The summed E-state index contributed by atoms with van der Waals surface area (Å²) in [5.74, 6) is 0.753. The molecule has 0 fully saturated rings. The molecule has 1 aromatic heterocycles. The predicted molar refractivity (Wildman–Crippen MR) is 67.5 cm³/mol. The topological polar surface area (TPSA) is 35.0 Å². The van der Waals surface area contributed by atoms with Gasteiger partial charge in [-0.05, 0) is 25.5 Å². The molecule has 17 heavy (non-hydrogen) atoms. The Labute approximate surface area is 102 Å². The first-order valence-corrected chi connectivity index (χ1v) is 5.80. The van der Waals surface area contributed by atoms with E-state index >= 15 is 0 Å². The third-order valence-corrected chi connectivity index (χ3v) is 2.62. The van der Waals surface area contributed by atoms with Gasteiger partial charge in [0.05, 0.1) is 6.10 Å². The molecule has 0 saturated carbocycles. The Bertz CT molecular complexity index is 453. The maximum absolute atomic E-state index is 5.54. The van der Waals surface area contributed by atoms with Crippen LogP contribution >= 0.6 is 0 Å². The summed E-state index contributed by atoms with van der Waals surface area (Å²) >= 11 is 0. The maximum atomic E-state index is 5.54. The molecule has 2 rings (SSSR count). The van der Waals surface area contributed by atoms with Gasteiger partial charge in [0.25, 0.3) is 0 Å². The van der Waals surface area contributed by atoms with Gasteiger partial charge in [-0.25, -0.2) is 9.97 Å². The summed E-state index contributed by atoms with van der Waals surface area (Å²) in [6.07, 6.45) is 3.63. The molecule has 0 aliphatic carbocycles. The molecule has 0 radical (unpaired) electrons. The molecular weight excluding hydrogens is 212 g/mol. The molecule has 2 aromatic rings. The van der Waals surface area contributed by atoms with Crippen molar-refractivity contribution in [3.05, 3.63) is 48.3 Å². The van der Waals surface area contributed by atoms with E-state index in [0.29, 0.717) is 0 Å². The number of aromatic nitrogens is 2. The Morgan fingerprint density at radius 3 is 2.35 bits per heavy atom. The fraction of sp³-hybridized carbons (Fsp3) is 0.286. The van der Waals surface area contributed by atoms with Gasteiger partial charge in [0.1, 0.15) is 0 Å². The molecular formula is C14H16N2O. The summed E-state index contributed by atoms with van der Waals surface area (Å²) in [6, 6.07) is 9.99. The van der Waals surface area contributed by atoms with Crippen molar-refractivity contribution in [2.24, 2.45) is 0 Å². The zero-order valence-electron chi connectivity index (χ0n) is 10.1. The molecule has 0 amide bonds. The van der Waals surface area contributed by atoms with Crippen molar-refractivity contribution in [3.8, 4) is 11.4 Å². The van der Waals surface area contributed by atoms with Gasteiger partial charge in [0.15, 0.2) is 5.82 Å². The largest absolute Gasteiger partial charge is 0.374 e. The first-order chi connectivity index (χ1) is 8.31. The van der Waals surface area contributed by atoms with Crippen molar-refractivity contribution >= 4 is 0 Å². The minimum atomic E-state index is 0.130. The summed E-state index contributed by atoms with van der Waals surface area (Å²) < 4.78 is 5.54. The monoisotopic (exact) mass is 228 g/mol. The van der Waals surface area contributed by atoms with E-state index in [2.05, 4.69) is 29.0 Å². The van der Waals surface area contributed by atoms with Crippen molar-refractivity contribution in [1.29, 1.82) is 0 Å². The predicted octanol–water partition coefficient (Wildman–Crippen LogP) is 3.24. The van der Waals surface area contributed by atoms with E-state index in [9.17, 15) is 0 Å². The molecule has 0 saturated heterocycles. The Morgan fingerprint density at radius 2 is 1.76 bits per heavy atom. The van der Waals surface area contributed by atoms with Crippen molar-refractivity contribution < 1.29 is 4.74 Å². The number of rotatable bonds is 4. The van der Waals surface area contributed by atoms with Crippen LogP contribution in [-0.4, -0.2) is 16.6 Å². The lowest BCUT2D eigenvalue weighted by atomic mass is 10.1. The van der Waals surface area contributed by atoms with E-state index in [0.717, 1.165) is 18.0 Å². The number of benzene rings is 1. The quantitative estimate of drug-likeness (QED) is 0.805. The van der Waals surface area contributed by atoms with Gasteiger partial charge in [-0.2, -0.15) is 0 Å². The third-order valence-electron chi connectivity index (χ3n) is 2.62. The SMILES string of the molecule is CCOC(C)c1ccc(-c2ncccn2)cc1. The summed E-state index contributed by atoms with van der Waals surface area (Å²) in [4.78, 5) is 8.43. The van der Waals surface area contributed by atoms with E-state index in [1.165, 1.54) is 5.56 Å². The minimum Gasteiger partial charge on any atom is -0.374 e. The Kier molecular flexibility index (Phi) is 3.83. The van der Waals surface area contributed by atoms with Gasteiger partial charge < -0.3 is 4.74 Å². The Morgan fingerprint density at radius 1 is 1.12 bits per heavy atom. The molecule has 88 valence electrons. The van der Waals surface area contributed by atoms with Crippen LogP contribution in [0.4, 0.5) is 0 Å². The highest BCUT2D eigenvalue weighted by atomic mass is 16.5. The van der Waals surface area contributed by atoms with Crippen LogP contribution in [0.15, 0.2) is 42.7 Å². The highest BCUT2D eigenvalue weighted by molar-refractivity contribution is 5.54. The van der Waals surface area contributed by atoms with Crippen LogP contribution in [0.2, 0.25) is 0 Å². The van der Waals surface area contributed by atoms with E-state index < -0.39 is 0 Å². The van der Waals surface area contributed by atoms with Gasteiger partial charge in [-0.3, -0.25) is 0 Å². The van der Waals surface area contributed by atoms with Crippen molar-refractivity contribution in [2.75, 3.05) is 6.61 Å². The third kappa shape index (κ3) is 2.88. The number of hydrogen-bond donors (Lipinski definition) is 0. The summed E-state index contributed by atoms with van der Waals surface area (Å²) in [5.41, 5.74) is 2.20. The maximum Gasteiger partial charge on any atom is 0.159 e. The first kappa shape index (κ1) is 11.7.